The monoisotopic (exact) mass is 1060 g/mol. The van der Waals surface area contributed by atoms with Crippen molar-refractivity contribution in [2.24, 2.45) is 40.7 Å². The van der Waals surface area contributed by atoms with Gasteiger partial charge in [0.15, 0.2) is 0 Å². The van der Waals surface area contributed by atoms with Crippen molar-refractivity contribution < 1.29 is 48.3 Å². The summed E-state index contributed by atoms with van der Waals surface area (Å²) >= 11 is 0. The standard InChI is InChI=1S/C52H91N13O10/c1-31(2)13-9-7-12-16-35(66)30-44(67)58-36(17-22-53)46(69)62-40-21-26-57-45(68)41(27-32(3)4)63-48(71)38(19-24-55)59-47(70)37(18-23-54)61-51(74)42(28-33(5)6)64-52(75)43(29-34-14-10-8-11-15-34)65-49(72)39(20-25-56)60-50(40)73/h8,10-11,14-15,31-33,35-43,66H,7,9,12-13,16-30,53-56H2,1-6H3,(H,57,68)(H,58,67)(H,59,70)(H,60,73)(H,61,74)(H,62,69)(H,63,71)(H,64,75)(H,65,72)/t35?,36-,37-,38-,39-,40-,41-,42-,43+/m0/s1. The summed E-state index contributed by atoms with van der Waals surface area (Å²) in [6.45, 7) is 11.1. The van der Waals surface area contributed by atoms with Gasteiger partial charge in [0.2, 0.25) is 53.2 Å². The van der Waals surface area contributed by atoms with E-state index in [1.54, 1.807) is 30.3 Å². The molecule has 1 fully saturated rings. The molecule has 23 nitrogen and oxygen atoms in total. The molecule has 0 bridgehead atoms. The normalized spacial score (nSPS) is 23.0. The number of hydrogen-bond acceptors (Lipinski definition) is 14. The highest BCUT2D eigenvalue weighted by atomic mass is 16.3. The topological polar surface area (TPSA) is 386 Å². The van der Waals surface area contributed by atoms with E-state index in [-0.39, 0.29) is 102 Å². The van der Waals surface area contributed by atoms with E-state index in [0.717, 1.165) is 25.7 Å². The Bertz CT molecular complexity index is 1960. The number of unbranched alkanes of at least 4 members (excludes halogenated alkanes) is 2. The van der Waals surface area contributed by atoms with Crippen LogP contribution in [0, 0.1) is 17.8 Å². The van der Waals surface area contributed by atoms with Gasteiger partial charge in [-0.1, -0.05) is 97.6 Å². The fraction of sp³-hybridized carbons (Fsp3) is 0.712. The third kappa shape index (κ3) is 25.6. The Morgan fingerprint density at radius 3 is 1.51 bits per heavy atom. The van der Waals surface area contributed by atoms with Gasteiger partial charge in [0.25, 0.3) is 0 Å². The Morgan fingerprint density at radius 1 is 0.560 bits per heavy atom. The number of carbonyl (C=O) groups is 9. The van der Waals surface area contributed by atoms with Gasteiger partial charge in [-0.05, 0) is 101 Å². The molecule has 1 saturated heterocycles. The molecule has 1 aliphatic rings. The largest absolute Gasteiger partial charge is 0.393 e. The zero-order valence-corrected chi connectivity index (χ0v) is 45.2. The van der Waals surface area contributed by atoms with Gasteiger partial charge in [0, 0.05) is 13.0 Å². The average molecular weight is 1060 g/mol. The Morgan fingerprint density at radius 2 is 1.01 bits per heavy atom. The molecule has 1 aromatic carbocycles. The first-order valence-electron chi connectivity index (χ1n) is 26.8. The summed E-state index contributed by atoms with van der Waals surface area (Å²) < 4.78 is 0. The van der Waals surface area contributed by atoms with E-state index >= 15 is 0 Å². The molecular weight excluding hydrogens is 967 g/mol. The molecule has 2 rings (SSSR count). The van der Waals surface area contributed by atoms with Crippen LogP contribution >= 0.6 is 0 Å². The van der Waals surface area contributed by atoms with E-state index < -0.39 is 108 Å². The number of nitrogens with two attached hydrogens (primary N) is 4. The summed E-state index contributed by atoms with van der Waals surface area (Å²) in [5, 5.41) is 34.8. The van der Waals surface area contributed by atoms with Crippen molar-refractivity contribution in [1.82, 2.24) is 47.9 Å². The van der Waals surface area contributed by atoms with E-state index in [1.807, 2.05) is 27.7 Å². The summed E-state index contributed by atoms with van der Waals surface area (Å²) in [4.78, 5) is 126. The fourth-order valence-electron chi connectivity index (χ4n) is 8.52. The molecule has 1 aliphatic heterocycles. The molecule has 1 aromatic rings. The molecule has 0 spiro atoms. The van der Waals surface area contributed by atoms with E-state index in [0.29, 0.717) is 17.9 Å². The third-order valence-corrected chi connectivity index (χ3v) is 12.6. The van der Waals surface area contributed by atoms with Crippen LogP contribution < -0.4 is 70.8 Å². The highest BCUT2D eigenvalue weighted by molar-refractivity contribution is 5.98. The summed E-state index contributed by atoms with van der Waals surface area (Å²) in [5.41, 5.74) is 24.3. The molecular formula is C52H91N13O10. The number of rotatable bonds is 25. The molecule has 9 amide bonds. The minimum absolute atomic E-state index is 0.0455. The number of benzene rings is 1. The lowest BCUT2D eigenvalue weighted by Crippen LogP contribution is -2.61. The summed E-state index contributed by atoms with van der Waals surface area (Å²) in [5.74, 6) is -6.52. The van der Waals surface area contributed by atoms with Crippen molar-refractivity contribution in [2.75, 3.05) is 32.7 Å². The van der Waals surface area contributed by atoms with Gasteiger partial charge in [-0.2, -0.15) is 0 Å². The minimum Gasteiger partial charge on any atom is -0.393 e. The average Bonchev–Trinajstić information content (AvgIpc) is 3.34. The molecule has 9 atom stereocenters. The maximum Gasteiger partial charge on any atom is 0.243 e. The number of aliphatic hydroxyl groups is 1. The second-order valence-electron chi connectivity index (χ2n) is 20.8. The number of amides is 9. The fourth-order valence-corrected chi connectivity index (χ4v) is 8.52. The Balaban J connectivity index is 2.66. The number of aliphatic hydroxyl groups excluding tert-OH is 1. The van der Waals surface area contributed by atoms with Crippen LogP contribution in [0.3, 0.4) is 0 Å². The number of carbonyl (C=O) groups excluding carboxylic acids is 9. The molecule has 0 radical (unpaired) electrons. The van der Waals surface area contributed by atoms with Crippen LogP contribution in [0.25, 0.3) is 0 Å². The molecule has 424 valence electrons. The van der Waals surface area contributed by atoms with Crippen molar-refractivity contribution >= 4 is 53.2 Å². The van der Waals surface area contributed by atoms with Crippen LogP contribution in [0.1, 0.15) is 131 Å². The van der Waals surface area contributed by atoms with E-state index in [1.165, 1.54) is 0 Å². The lowest BCUT2D eigenvalue weighted by atomic mass is 10.00. The number of hydrogen-bond donors (Lipinski definition) is 14. The predicted octanol–water partition coefficient (Wildman–Crippen LogP) is -1.53. The Hall–Kier alpha value is -5.75. The summed E-state index contributed by atoms with van der Waals surface area (Å²) in [6.07, 6.45) is 2.46. The van der Waals surface area contributed by atoms with Gasteiger partial charge in [-0.15, -0.1) is 0 Å². The van der Waals surface area contributed by atoms with E-state index in [9.17, 15) is 48.3 Å². The maximum absolute atomic E-state index is 14.4. The molecule has 23 heteroatoms. The SMILES string of the molecule is CC(C)CCCCCC(O)CC(=O)N[C@@H](CCN)C(=O)N[C@H]1CCNC(=O)[C@H](CC(C)C)NC(=O)[C@H](CCN)NC(=O)[C@H](CCN)NC(=O)[C@H](CC(C)C)NC(=O)[C@@H](Cc2ccccc2)NC(=O)[C@H](CCN)NC1=O. The lowest BCUT2D eigenvalue weighted by Gasteiger charge is -2.28. The van der Waals surface area contributed by atoms with Crippen molar-refractivity contribution in [2.45, 2.75) is 186 Å². The van der Waals surface area contributed by atoms with Crippen molar-refractivity contribution in [3.63, 3.8) is 0 Å². The van der Waals surface area contributed by atoms with Crippen molar-refractivity contribution in [1.29, 1.82) is 0 Å². The van der Waals surface area contributed by atoms with Crippen LogP contribution in [0.2, 0.25) is 0 Å². The van der Waals surface area contributed by atoms with Crippen LogP contribution in [-0.4, -0.2) is 145 Å². The molecule has 1 unspecified atom stereocenters. The zero-order valence-electron chi connectivity index (χ0n) is 45.2. The van der Waals surface area contributed by atoms with Gasteiger partial charge in [-0.3, -0.25) is 43.2 Å². The Kier molecular flexibility index (Phi) is 30.9. The van der Waals surface area contributed by atoms with Crippen molar-refractivity contribution in [3.8, 4) is 0 Å². The molecule has 0 saturated carbocycles. The van der Waals surface area contributed by atoms with Gasteiger partial charge >= 0.3 is 0 Å². The Labute approximate surface area is 443 Å². The summed E-state index contributed by atoms with van der Waals surface area (Å²) in [6, 6.07) is -1.58. The summed E-state index contributed by atoms with van der Waals surface area (Å²) in [7, 11) is 0. The van der Waals surface area contributed by atoms with Gasteiger partial charge in [0.05, 0.1) is 12.5 Å². The van der Waals surface area contributed by atoms with Crippen LogP contribution in [0.5, 0.6) is 0 Å². The van der Waals surface area contributed by atoms with Gasteiger partial charge < -0.3 is 75.9 Å². The van der Waals surface area contributed by atoms with Gasteiger partial charge in [0.1, 0.15) is 48.3 Å². The minimum atomic E-state index is -1.47. The van der Waals surface area contributed by atoms with E-state index in [2.05, 4.69) is 61.7 Å². The molecule has 75 heavy (non-hydrogen) atoms. The molecule has 0 aliphatic carbocycles. The first kappa shape index (κ1) is 65.4. The van der Waals surface area contributed by atoms with Crippen LogP contribution in [0.4, 0.5) is 0 Å². The molecule has 18 N–H and O–H groups in total. The first-order chi connectivity index (χ1) is 35.6. The second-order valence-corrected chi connectivity index (χ2v) is 20.8. The van der Waals surface area contributed by atoms with Crippen LogP contribution in [0.15, 0.2) is 30.3 Å². The third-order valence-electron chi connectivity index (χ3n) is 12.6. The number of nitrogens with one attached hydrogen (secondary N) is 9. The maximum atomic E-state index is 14.4. The predicted molar refractivity (Wildman–Crippen MR) is 285 cm³/mol. The zero-order chi connectivity index (χ0) is 56.0. The second kappa shape index (κ2) is 35.5. The quantitative estimate of drug-likeness (QED) is 0.0495. The molecule has 0 aromatic heterocycles. The lowest BCUT2D eigenvalue weighted by molar-refractivity contribution is -0.136. The van der Waals surface area contributed by atoms with Gasteiger partial charge in [-0.25, -0.2) is 0 Å². The molecule has 1 heterocycles. The first-order valence-corrected chi connectivity index (χ1v) is 26.8. The van der Waals surface area contributed by atoms with Crippen molar-refractivity contribution in [3.05, 3.63) is 35.9 Å². The highest BCUT2D eigenvalue weighted by Crippen LogP contribution is 2.14. The smallest absolute Gasteiger partial charge is 0.243 e. The van der Waals surface area contributed by atoms with Crippen LogP contribution in [-0.2, 0) is 49.6 Å². The van der Waals surface area contributed by atoms with E-state index in [4.69, 9.17) is 22.9 Å². The highest BCUT2D eigenvalue weighted by Gasteiger charge is 2.35.